The summed E-state index contributed by atoms with van der Waals surface area (Å²) in [7, 11) is 0. The number of hydrogen-bond donors (Lipinski definition) is 0. The van der Waals surface area contributed by atoms with E-state index in [1.807, 2.05) is 0 Å². The molecule has 0 spiro atoms. The van der Waals surface area contributed by atoms with E-state index in [-0.39, 0.29) is 11.7 Å². The van der Waals surface area contributed by atoms with Crippen LogP contribution in [0.25, 0.3) is 0 Å². The van der Waals surface area contributed by atoms with Gasteiger partial charge < -0.3 is 0 Å². The Balaban J connectivity index is 2.65. The van der Waals surface area contributed by atoms with Crippen molar-refractivity contribution in [3.63, 3.8) is 0 Å². The molecule has 0 fully saturated rings. The minimum absolute atomic E-state index is 0.0984. The van der Waals surface area contributed by atoms with Crippen molar-refractivity contribution in [1.82, 2.24) is 0 Å². The van der Waals surface area contributed by atoms with E-state index in [1.54, 1.807) is 0 Å². The zero-order valence-electron chi connectivity index (χ0n) is 7.26. The summed E-state index contributed by atoms with van der Waals surface area (Å²) in [6.07, 6.45) is 4.12. The Hall–Kier alpha value is -0.720. The van der Waals surface area contributed by atoms with Crippen LogP contribution in [0.15, 0.2) is 11.6 Å². The van der Waals surface area contributed by atoms with Crippen LogP contribution in [0.2, 0.25) is 0 Å². The van der Waals surface area contributed by atoms with E-state index < -0.39 is 0 Å². The zero-order chi connectivity index (χ0) is 8.43. The number of Topliss-reactive ketones (excluding diaryl/α,β-unsaturated/α-hetero) is 1. The maximum atomic E-state index is 11.0. The molecule has 0 amide bonds. The van der Waals surface area contributed by atoms with Crippen LogP contribution in [0.3, 0.4) is 0 Å². The Morgan fingerprint density at radius 3 is 2.82 bits per heavy atom. The lowest BCUT2D eigenvalue weighted by atomic mass is 9.79. The molecule has 11 heavy (non-hydrogen) atoms. The lowest BCUT2D eigenvalue weighted by Gasteiger charge is -2.22. The SMILES string of the molecule is [CH2+]C(=O)C1CC=C(C)CC1C. The molecule has 0 aliphatic heterocycles. The molecule has 60 valence electrons. The maximum Gasteiger partial charge on any atom is 0.307 e. The van der Waals surface area contributed by atoms with Crippen LogP contribution in [0.5, 0.6) is 0 Å². The maximum absolute atomic E-state index is 11.0. The second-order valence-corrected chi connectivity index (χ2v) is 3.54. The summed E-state index contributed by atoms with van der Waals surface area (Å²) in [6, 6.07) is 0. The minimum Gasteiger partial charge on any atom is -0.244 e. The second kappa shape index (κ2) is 3.12. The van der Waals surface area contributed by atoms with E-state index in [9.17, 15) is 4.79 Å². The Bertz CT molecular complexity index is 191. The standard InChI is InChI=1S/C10H15O/c1-7-4-5-10(9(3)11)8(2)6-7/h4,8,10H,3,5-6H2,1-2H3/q+1. The van der Waals surface area contributed by atoms with Crippen molar-refractivity contribution >= 4 is 5.78 Å². The molecule has 1 nitrogen and oxygen atoms in total. The van der Waals surface area contributed by atoms with E-state index in [4.69, 9.17) is 0 Å². The van der Waals surface area contributed by atoms with Crippen LogP contribution >= 0.6 is 0 Å². The lowest BCUT2D eigenvalue weighted by molar-refractivity contribution is -0.119. The predicted molar refractivity (Wildman–Crippen MR) is 46.0 cm³/mol. The van der Waals surface area contributed by atoms with E-state index in [0.717, 1.165) is 12.8 Å². The molecule has 0 aromatic rings. The fourth-order valence-electron chi connectivity index (χ4n) is 1.74. The molecule has 0 radical (unpaired) electrons. The summed E-state index contributed by atoms with van der Waals surface area (Å²) in [5.41, 5.74) is 1.41. The van der Waals surface area contributed by atoms with Gasteiger partial charge in [-0.3, -0.25) is 0 Å². The molecule has 1 rings (SSSR count). The van der Waals surface area contributed by atoms with Crippen molar-refractivity contribution in [1.29, 1.82) is 0 Å². The Morgan fingerprint density at radius 1 is 1.73 bits per heavy atom. The first-order chi connectivity index (χ1) is 5.11. The van der Waals surface area contributed by atoms with Gasteiger partial charge in [0, 0.05) is 0 Å². The van der Waals surface area contributed by atoms with Crippen molar-refractivity contribution < 1.29 is 4.79 Å². The van der Waals surface area contributed by atoms with Crippen molar-refractivity contribution in [2.24, 2.45) is 11.8 Å². The summed E-state index contributed by atoms with van der Waals surface area (Å²) >= 11 is 0. The molecule has 0 saturated carbocycles. The number of carbonyl (C=O) groups excluding carboxylic acids is 1. The Labute approximate surface area is 68.5 Å². The lowest BCUT2D eigenvalue weighted by Crippen LogP contribution is -2.22. The fraction of sp³-hybridized carbons (Fsp3) is 0.600. The molecular weight excluding hydrogens is 136 g/mol. The monoisotopic (exact) mass is 151 g/mol. The molecule has 0 aromatic carbocycles. The van der Waals surface area contributed by atoms with Gasteiger partial charge in [0.15, 0.2) is 0 Å². The second-order valence-electron chi connectivity index (χ2n) is 3.54. The number of carbonyl (C=O) groups is 1. The Morgan fingerprint density at radius 2 is 2.36 bits per heavy atom. The van der Waals surface area contributed by atoms with Crippen LogP contribution in [-0.2, 0) is 4.79 Å². The highest BCUT2D eigenvalue weighted by atomic mass is 16.1. The minimum atomic E-state index is 0.0984. The third-order valence-electron chi connectivity index (χ3n) is 2.46. The van der Waals surface area contributed by atoms with Gasteiger partial charge in [-0.1, -0.05) is 18.6 Å². The molecule has 1 heteroatoms. The van der Waals surface area contributed by atoms with Crippen molar-refractivity contribution in [3.05, 3.63) is 18.6 Å². The van der Waals surface area contributed by atoms with Crippen LogP contribution in [0.4, 0.5) is 0 Å². The first-order valence-corrected chi connectivity index (χ1v) is 4.12. The molecular formula is C10H15O+. The highest BCUT2D eigenvalue weighted by Crippen LogP contribution is 2.29. The van der Waals surface area contributed by atoms with E-state index in [0.29, 0.717) is 5.92 Å². The average Bonchev–Trinajstić information content (AvgIpc) is 1.85. The molecule has 1 aliphatic rings. The number of allylic oxidation sites excluding steroid dienone is 2. The Kier molecular flexibility index (Phi) is 2.38. The highest BCUT2D eigenvalue weighted by molar-refractivity contribution is 5.85. The fourth-order valence-corrected chi connectivity index (χ4v) is 1.74. The van der Waals surface area contributed by atoms with Gasteiger partial charge in [0.2, 0.25) is 0 Å². The topological polar surface area (TPSA) is 17.1 Å². The normalized spacial score (nSPS) is 31.3. The van der Waals surface area contributed by atoms with Crippen LogP contribution in [-0.4, -0.2) is 5.78 Å². The summed E-state index contributed by atoms with van der Waals surface area (Å²) in [5.74, 6) is 0.768. The summed E-state index contributed by atoms with van der Waals surface area (Å²) in [5, 5.41) is 0. The summed E-state index contributed by atoms with van der Waals surface area (Å²) in [4.78, 5) is 11.0. The third kappa shape index (κ3) is 1.86. The van der Waals surface area contributed by atoms with Crippen molar-refractivity contribution in [2.75, 3.05) is 0 Å². The molecule has 0 N–H and O–H groups in total. The van der Waals surface area contributed by atoms with Crippen LogP contribution in [0, 0.1) is 18.8 Å². The van der Waals surface area contributed by atoms with Crippen molar-refractivity contribution in [3.8, 4) is 0 Å². The molecule has 2 atom stereocenters. The molecule has 0 aromatic heterocycles. The largest absolute Gasteiger partial charge is 0.307 e. The van der Waals surface area contributed by atoms with Crippen LogP contribution < -0.4 is 0 Å². The highest BCUT2D eigenvalue weighted by Gasteiger charge is 2.28. The number of rotatable bonds is 1. The van der Waals surface area contributed by atoms with Gasteiger partial charge in [0.05, 0.1) is 5.92 Å². The molecule has 2 unspecified atom stereocenters. The zero-order valence-corrected chi connectivity index (χ0v) is 7.26. The first-order valence-electron chi connectivity index (χ1n) is 4.12. The number of ketones is 1. The smallest absolute Gasteiger partial charge is 0.244 e. The summed E-state index contributed by atoms with van der Waals surface area (Å²) < 4.78 is 0. The molecule has 0 bridgehead atoms. The van der Waals surface area contributed by atoms with Gasteiger partial charge in [-0.2, -0.15) is 0 Å². The van der Waals surface area contributed by atoms with Crippen LogP contribution in [0.1, 0.15) is 26.7 Å². The van der Waals surface area contributed by atoms with Crippen molar-refractivity contribution in [2.45, 2.75) is 26.7 Å². The molecule has 0 saturated heterocycles. The number of hydrogen-bond acceptors (Lipinski definition) is 1. The quantitative estimate of drug-likeness (QED) is 0.415. The first kappa shape index (κ1) is 8.38. The average molecular weight is 151 g/mol. The van der Waals surface area contributed by atoms with Gasteiger partial charge in [-0.15, -0.1) is 0 Å². The van der Waals surface area contributed by atoms with Gasteiger partial charge in [-0.05, 0) is 25.7 Å². The van der Waals surface area contributed by atoms with E-state index >= 15 is 0 Å². The molecule has 0 heterocycles. The third-order valence-corrected chi connectivity index (χ3v) is 2.46. The summed E-state index contributed by atoms with van der Waals surface area (Å²) in [6.45, 7) is 7.72. The molecule has 1 aliphatic carbocycles. The van der Waals surface area contributed by atoms with E-state index in [1.165, 1.54) is 5.57 Å². The van der Waals surface area contributed by atoms with Gasteiger partial charge in [-0.25, -0.2) is 4.79 Å². The van der Waals surface area contributed by atoms with Gasteiger partial charge in [0.25, 0.3) is 0 Å². The van der Waals surface area contributed by atoms with Gasteiger partial charge in [0.1, 0.15) is 6.92 Å². The van der Waals surface area contributed by atoms with Gasteiger partial charge >= 0.3 is 5.78 Å². The predicted octanol–water partition coefficient (Wildman–Crippen LogP) is 2.38. The van der Waals surface area contributed by atoms with E-state index in [2.05, 4.69) is 26.8 Å².